The first-order valence-corrected chi connectivity index (χ1v) is 13.4. The molecule has 184 valence electrons. The zero-order valence-corrected chi connectivity index (χ0v) is 22.9. The van der Waals surface area contributed by atoms with E-state index in [1.807, 2.05) is 24.4 Å². The number of rotatable bonds is 8. The van der Waals surface area contributed by atoms with Crippen LogP contribution in [0.2, 0.25) is 0 Å². The molecule has 0 saturated carbocycles. The second-order valence-electron chi connectivity index (χ2n) is 9.11. The van der Waals surface area contributed by atoms with Crippen LogP contribution in [0.4, 0.5) is 5.69 Å². The molecule has 1 aliphatic rings. The third-order valence-electron chi connectivity index (χ3n) is 6.73. The van der Waals surface area contributed by atoms with E-state index in [0.29, 0.717) is 0 Å². The minimum atomic E-state index is -0.0164. The second-order valence-corrected chi connectivity index (χ2v) is 10.4. The molecule has 3 heterocycles. The molecule has 4 aromatic rings. The topological polar surface area (TPSA) is 45.1 Å². The molecule has 0 radical (unpaired) electrons. The number of hydrogen-bond donors (Lipinski definition) is 2. The Morgan fingerprint density at radius 3 is 2.56 bits per heavy atom. The van der Waals surface area contributed by atoms with Gasteiger partial charge in [-0.2, -0.15) is 0 Å². The first-order chi connectivity index (χ1) is 17.5. The molecule has 36 heavy (non-hydrogen) atoms. The number of thiocarbonyl (C=S) groups is 1. The Hall–Kier alpha value is -3.16. The standard InChI is InChI=1S/C29H30BrN5S/c1-20-18-25(21(2)35(20)24-13-8-10-22(30)19-24)28-27(26-14-6-7-15-32-26)33-29(36)34(28)17-9-16-31-23-11-4-3-5-12-23/h3-8,10-15,18-19,27-28,31H,9,16-17H2,1-2H3,(H,33,36)/t27-,28-/m1/s1. The molecular formula is C29H30BrN5S. The average Bonchev–Trinajstić information content (AvgIpc) is 3.37. The number of pyridine rings is 1. The fourth-order valence-electron chi connectivity index (χ4n) is 5.12. The van der Waals surface area contributed by atoms with Gasteiger partial charge in [-0.15, -0.1) is 0 Å². The van der Waals surface area contributed by atoms with E-state index < -0.39 is 0 Å². The van der Waals surface area contributed by atoms with Crippen molar-refractivity contribution in [3.8, 4) is 5.69 Å². The zero-order valence-electron chi connectivity index (χ0n) is 20.5. The summed E-state index contributed by atoms with van der Waals surface area (Å²) in [5.41, 5.74) is 6.97. The molecule has 7 heteroatoms. The second kappa shape index (κ2) is 10.8. The van der Waals surface area contributed by atoms with Crippen molar-refractivity contribution in [1.29, 1.82) is 0 Å². The Labute approximate surface area is 226 Å². The highest BCUT2D eigenvalue weighted by Gasteiger charge is 2.41. The van der Waals surface area contributed by atoms with Gasteiger partial charge in [0.15, 0.2) is 5.11 Å². The number of anilines is 1. The quantitative estimate of drug-likeness (QED) is 0.185. The number of nitrogens with zero attached hydrogens (tertiary/aromatic N) is 3. The van der Waals surface area contributed by atoms with E-state index >= 15 is 0 Å². The van der Waals surface area contributed by atoms with E-state index in [1.165, 1.54) is 17.0 Å². The predicted octanol–water partition coefficient (Wildman–Crippen LogP) is 6.73. The Balaban J connectivity index is 1.46. The van der Waals surface area contributed by atoms with Gasteiger partial charge in [-0.05, 0) is 86.6 Å². The van der Waals surface area contributed by atoms with Gasteiger partial charge in [0.1, 0.15) is 0 Å². The Bertz CT molecular complexity index is 1340. The first-order valence-electron chi connectivity index (χ1n) is 12.2. The first kappa shape index (κ1) is 24.5. The van der Waals surface area contributed by atoms with Crippen LogP contribution in [0.5, 0.6) is 0 Å². The van der Waals surface area contributed by atoms with Gasteiger partial charge in [0.2, 0.25) is 0 Å². The highest BCUT2D eigenvalue weighted by molar-refractivity contribution is 9.10. The summed E-state index contributed by atoms with van der Waals surface area (Å²) in [6.07, 6.45) is 2.82. The van der Waals surface area contributed by atoms with Crippen LogP contribution in [0.3, 0.4) is 0 Å². The van der Waals surface area contributed by atoms with E-state index in [1.54, 1.807) is 0 Å². The molecule has 1 aliphatic heterocycles. The molecule has 5 rings (SSSR count). The van der Waals surface area contributed by atoms with Crippen molar-refractivity contribution in [3.63, 3.8) is 0 Å². The molecule has 2 aromatic carbocycles. The van der Waals surface area contributed by atoms with Crippen molar-refractivity contribution < 1.29 is 0 Å². The lowest BCUT2D eigenvalue weighted by atomic mass is 9.96. The van der Waals surface area contributed by atoms with Gasteiger partial charge >= 0.3 is 0 Å². The molecule has 0 amide bonds. The van der Waals surface area contributed by atoms with E-state index in [-0.39, 0.29) is 12.1 Å². The summed E-state index contributed by atoms with van der Waals surface area (Å²) in [5.74, 6) is 0. The summed E-state index contributed by atoms with van der Waals surface area (Å²) in [6, 6.07) is 27.2. The Morgan fingerprint density at radius 1 is 1.00 bits per heavy atom. The van der Waals surface area contributed by atoms with Gasteiger partial charge in [-0.1, -0.05) is 46.3 Å². The number of aryl methyl sites for hydroxylation is 1. The number of benzene rings is 2. The van der Waals surface area contributed by atoms with Crippen molar-refractivity contribution in [2.75, 3.05) is 18.4 Å². The van der Waals surface area contributed by atoms with Crippen LogP contribution in [-0.2, 0) is 0 Å². The third-order valence-corrected chi connectivity index (χ3v) is 7.58. The summed E-state index contributed by atoms with van der Waals surface area (Å²) < 4.78 is 3.39. The van der Waals surface area contributed by atoms with Crippen LogP contribution in [0, 0.1) is 13.8 Å². The molecule has 1 saturated heterocycles. The lowest BCUT2D eigenvalue weighted by Gasteiger charge is -2.28. The lowest BCUT2D eigenvalue weighted by Crippen LogP contribution is -2.31. The summed E-state index contributed by atoms with van der Waals surface area (Å²) in [7, 11) is 0. The number of aromatic nitrogens is 2. The molecule has 2 atom stereocenters. The maximum Gasteiger partial charge on any atom is 0.170 e. The summed E-state index contributed by atoms with van der Waals surface area (Å²) in [4.78, 5) is 7.04. The Morgan fingerprint density at radius 2 is 1.81 bits per heavy atom. The SMILES string of the molecule is Cc1cc([C@@H]2[C@@H](c3ccccn3)NC(=S)N2CCCNc2ccccc2)c(C)n1-c1cccc(Br)c1. The van der Waals surface area contributed by atoms with Crippen molar-refractivity contribution in [3.05, 3.63) is 112 Å². The summed E-state index contributed by atoms with van der Waals surface area (Å²) in [6.45, 7) is 6.10. The van der Waals surface area contributed by atoms with Crippen LogP contribution in [-0.4, -0.2) is 32.7 Å². The molecule has 0 aliphatic carbocycles. The molecule has 0 bridgehead atoms. The van der Waals surface area contributed by atoms with Gasteiger partial charge in [0.05, 0.1) is 17.8 Å². The smallest absolute Gasteiger partial charge is 0.170 e. The van der Waals surface area contributed by atoms with Crippen LogP contribution in [0.15, 0.2) is 89.5 Å². The minimum absolute atomic E-state index is 0.0164. The fraction of sp³-hybridized carbons (Fsp3) is 0.241. The summed E-state index contributed by atoms with van der Waals surface area (Å²) in [5, 5.41) is 7.89. The van der Waals surface area contributed by atoms with Crippen molar-refractivity contribution in [1.82, 2.24) is 19.8 Å². The molecule has 2 aromatic heterocycles. The molecule has 2 N–H and O–H groups in total. The number of halogens is 1. The van der Waals surface area contributed by atoms with Crippen LogP contribution in [0.1, 0.15) is 41.1 Å². The molecule has 0 spiro atoms. The Kier molecular flexibility index (Phi) is 7.39. The average molecular weight is 561 g/mol. The number of nitrogens with one attached hydrogen (secondary N) is 2. The largest absolute Gasteiger partial charge is 0.385 e. The highest BCUT2D eigenvalue weighted by atomic mass is 79.9. The van der Waals surface area contributed by atoms with Crippen LogP contribution in [0.25, 0.3) is 5.69 Å². The van der Waals surface area contributed by atoms with Gasteiger partial charge in [0, 0.05) is 46.5 Å². The highest BCUT2D eigenvalue weighted by Crippen LogP contribution is 2.41. The van der Waals surface area contributed by atoms with Gasteiger partial charge in [0.25, 0.3) is 0 Å². The van der Waals surface area contributed by atoms with Crippen molar-refractivity contribution >= 4 is 38.9 Å². The molecular weight excluding hydrogens is 530 g/mol. The maximum atomic E-state index is 5.88. The van der Waals surface area contributed by atoms with Gasteiger partial charge in [-0.3, -0.25) is 4.98 Å². The van der Waals surface area contributed by atoms with E-state index in [0.717, 1.165) is 46.2 Å². The lowest BCUT2D eigenvalue weighted by molar-refractivity contribution is 0.315. The van der Waals surface area contributed by atoms with Crippen LogP contribution < -0.4 is 10.6 Å². The molecule has 0 unspecified atom stereocenters. The van der Waals surface area contributed by atoms with E-state index in [4.69, 9.17) is 17.2 Å². The predicted molar refractivity (Wildman–Crippen MR) is 155 cm³/mol. The fourth-order valence-corrected chi connectivity index (χ4v) is 5.84. The molecule has 5 nitrogen and oxygen atoms in total. The monoisotopic (exact) mass is 559 g/mol. The normalized spacial score (nSPS) is 17.3. The number of hydrogen-bond acceptors (Lipinski definition) is 3. The maximum absolute atomic E-state index is 5.88. The van der Waals surface area contributed by atoms with Gasteiger partial charge in [-0.25, -0.2) is 0 Å². The molecule has 1 fully saturated rings. The van der Waals surface area contributed by atoms with E-state index in [2.05, 4.69) is 111 Å². The number of para-hydroxylation sites is 1. The van der Waals surface area contributed by atoms with Gasteiger partial charge < -0.3 is 20.1 Å². The van der Waals surface area contributed by atoms with Crippen molar-refractivity contribution in [2.24, 2.45) is 0 Å². The minimum Gasteiger partial charge on any atom is -0.385 e. The van der Waals surface area contributed by atoms with E-state index in [9.17, 15) is 0 Å². The van der Waals surface area contributed by atoms with Crippen LogP contribution >= 0.6 is 28.1 Å². The van der Waals surface area contributed by atoms with Crippen molar-refractivity contribution in [2.45, 2.75) is 32.4 Å². The third kappa shape index (κ3) is 5.04. The summed E-state index contributed by atoms with van der Waals surface area (Å²) >= 11 is 9.51. The zero-order chi connectivity index (χ0) is 25.1.